The van der Waals surface area contributed by atoms with Gasteiger partial charge in [-0.05, 0) is 71.8 Å². The Labute approximate surface area is 162 Å². The van der Waals surface area contributed by atoms with Crippen LogP contribution in [0.2, 0.25) is 0 Å². The van der Waals surface area contributed by atoms with Crippen molar-refractivity contribution in [2.45, 2.75) is 12.2 Å². The van der Waals surface area contributed by atoms with Crippen LogP contribution in [-0.4, -0.2) is 38.6 Å². The minimum Gasteiger partial charge on any atom is -0.491 e. The average Bonchev–Trinajstić information content (AvgIpc) is 3.65. The van der Waals surface area contributed by atoms with Crippen molar-refractivity contribution in [1.29, 1.82) is 0 Å². The van der Waals surface area contributed by atoms with Crippen molar-refractivity contribution in [2.24, 2.45) is 0 Å². The van der Waals surface area contributed by atoms with Crippen LogP contribution in [0.1, 0.15) is 0 Å². The highest BCUT2D eigenvalue weighted by molar-refractivity contribution is 7.18. The van der Waals surface area contributed by atoms with Gasteiger partial charge in [0.25, 0.3) is 0 Å². The monoisotopic (exact) mass is 380 g/mol. The molecule has 2 unspecified atom stereocenters. The number of rotatable bonds is 8. The molecule has 2 aliphatic rings. The van der Waals surface area contributed by atoms with E-state index in [0.717, 1.165) is 24.7 Å². The second-order valence-electron chi connectivity index (χ2n) is 6.75. The van der Waals surface area contributed by atoms with E-state index in [0.29, 0.717) is 13.2 Å². The van der Waals surface area contributed by atoms with E-state index >= 15 is 0 Å². The molecule has 2 aliphatic heterocycles. The van der Waals surface area contributed by atoms with Crippen molar-refractivity contribution >= 4 is 11.3 Å². The zero-order chi connectivity index (χ0) is 18.1. The maximum atomic E-state index is 5.70. The molecule has 1 aromatic heterocycles. The predicted molar refractivity (Wildman–Crippen MR) is 106 cm³/mol. The van der Waals surface area contributed by atoms with Crippen LogP contribution in [-0.2, 0) is 9.47 Å². The molecular formula is C22H20O4S. The lowest BCUT2D eigenvalue weighted by Crippen LogP contribution is -2.03. The Morgan fingerprint density at radius 2 is 1.07 bits per heavy atom. The van der Waals surface area contributed by atoms with E-state index in [9.17, 15) is 0 Å². The van der Waals surface area contributed by atoms with Crippen molar-refractivity contribution in [3.8, 4) is 32.4 Å². The predicted octanol–water partition coefficient (Wildman–Crippen LogP) is 4.64. The summed E-state index contributed by atoms with van der Waals surface area (Å²) < 4.78 is 21.7. The molecule has 2 saturated heterocycles. The minimum absolute atomic E-state index is 0.281. The first-order chi connectivity index (χ1) is 13.3. The summed E-state index contributed by atoms with van der Waals surface area (Å²) in [5.41, 5.74) is 2.40. The van der Waals surface area contributed by atoms with E-state index in [1.807, 2.05) is 24.3 Å². The molecule has 2 atom stereocenters. The highest BCUT2D eigenvalue weighted by Crippen LogP contribution is 2.35. The van der Waals surface area contributed by atoms with Gasteiger partial charge in [0, 0.05) is 9.75 Å². The van der Waals surface area contributed by atoms with Gasteiger partial charge >= 0.3 is 0 Å². The fraction of sp³-hybridized carbons (Fsp3) is 0.273. The van der Waals surface area contributed by atoms with E-state index in [4.69, 9.17) is 18.9 Å². The Bertz CT molecular complexity index is 819. The van der Waals surface area contributed by atoms with E-state index in [1.54, 1.807) is 11.3 Å². The van der Waals surface area contributed by atoms with Gasteiger partial charge in [0.15, 0.2) is 0 Å². The van der Waals surface area contributed by atoms with Gasteiger partial charge in [-0.15, -0.1) is 11.3 Å². The van der Waals surface area contributed by atoms with Gasteiger partial charge in [-0.1, -0.05) is 0 Å². The third kappa shape index (κ3) is 4.33. The lowest BCUT2D eigenvalue weighted by atomic mass is 10.1. The van der Waals surface area contributed by atoms with Crippen molar-refractivity contribution in [1.82, 2.24) is 0 Å². The van der Waals surface area contributed by atoms with Crippen molar-refractivity contribution < 1.29 is 18.9 Å². The lowest BCUT2D eigenvalue weighted by molar-refractivity contribution is 0.263. The quantitative estimate of drug-likeness (QED) is 0.534. The highest BCUT2D eigenvalue weighted by atomic mass is 32.1. The minimum atomic E-state index is 0.281. The number of thiophene rings is 1. The molecule has 2 fully saturated rings. The van der Waals surface area contributed by atoms with Crippen LogP contribution in [0.5, 0.6) is 11.5 Å². The smallest absolute Gasteiger partial charge is 0.119 e. The standard InChI is InChI=1S/C22H20O4S/c1-5-17(23-11-19-13-25-19)6-2-15(1)21-9-10-22(27-21)16-3-7-18(8-4-16)24-12-20-14-26-20/h1-10,19-20H,11-14H2. The van der Waals surface area contributed by atoms with Crippen LogP contribution in [0.3, 0.4) is 0 Å². The van der Waals surface area contributed by atoms with Gasteiger partial charge in [-0.3, -0.25) is 0 Å². The molecule has 0 radical (unpaired) electrons. The fourth-order valence-corrected chi connectivity index (χ4v) is 3.80. The largest absolute Gasteiger partial charge is 0.491 e. The molecule has 3 heterocycles. The third-order valence-corrected chi connectivity index (χ3v) is 5.74. The van der Waals surface area contributed by atoms with Crippen LogP contribution in [0, 0.1) is 0 Å². The number of ether oxygens (including phenoxy) is 4. The Hall–Kier alpha value is -2.34. The molecular weight excluding hydrogens is 360 g/mol. The summed E-state index contributed by atoms with van der Waals surface area (Å²) in [5.74, 6) is 1.77. The maximum Gasteiger partial charge on any atom is 0.119 e. The Morgan fingerprint density at radius 1 is 0.667 bits per heavy atom. The molecule has 0 bridgehead atoms. The first kappa shape index (κ1) is 16.8. The lowest BCUT2D eigenvalue weighted by Gasteiger charge is -2.05. The normalized spacial score (nSPS) is 20.3. The van der Waals surface area contributed by atoms with Crippen LogP contribution in [0.15, 0.2) is 60.7 Å². The second kappa shape index (κ2) is 7.35. The summed E-state index contributed by atoms with van der Waals surface area (Å²) in [6, 6.07) is 20.8. The number of hydrogen-bond acceptors (Lipinski definition) is 5. The number of benzene rings is 2. The molecule has 3 aromatic rings. The topological polar surface area (TPSA) is 43.5 Å². The molecule has 27 heavy (non-hydrogen) atoms. The van der Waals surface area contributed by atoms with Crippen molar-refractivity contribution in [3.63, 3.8) is 0 Å². The van der Waals surface area contributed by atoms with Crippen molar-refractivity contribution in [2.75, 3.05) is 26.4 Å². The first-order valence-corrected chi connectivity index (χ1v) is 9.95. The molecule has 5 heteroatoms. The van der Waals surface area contributed by atoms with Crippen LogP contribution < -0.4 is 9.47 Å². The molecule has 4 nitrogen and oxygen atoms in total. The molecule has 0 amide bonds. The van der Waals surface area contributed by atoms with Crippen LogP contribution in [0.25, 0.3) is 20.9 Å². The third-order valence-electron chi connectivity index (χ3n) is 4.56. The summed E-state index contributed by atoms with van der Waals surface area (Å²) in [6.45, 7) is 2.90. The molecule has 138 valence electrons. The zero-order valence-corrected chi connectivity index (χ0v) is 15.6. The SMILES string of the molecule is c1cc(-c2ccc(-c3ccc(OCC4CO4)cc3)s2)ccc1OCC1CO1. The van der Waals surface area contributed by atoms with E-state index in [2.05, 4.69) is 36.4 Å². The highest BCUT2D eigenvalue weighted by Gasteiger charge is 2.23. The van der Waals surface area contributed by atoms with Gasteiger partial charge in [-0.2, -0.15) is 0 Å². The molecule has 2 aromatic carbocycles. The molecule has 0 spiro atoms. The summed E-state index contributed by atoms with van der Waals surface area (Å²) in [4.78, 5) is 2.49. The number of hydrogen-bond donors (Lipinski definition) is 0. The van der Waals surface area contributed by atoms with Gasteiger partial charge in [0.1, 0.15) is 36.9 Å². The van der Waals surface area contributed by atoms with Gasteiger partial charge < -0.3 is 18.9 Å². The summed E-state index contributed by atoms with van der Waals surface area (Å²) in [5, 5.41) is 0. The molecule has 0 N–H and O–H groups in total. The van der Waals surface area contributed by atoms with E-state index in [-0.39, 0.29) is 12.2 Å². The van der Waals surface area contributed by atoms with Crippen LogP contribution >= 0.6 is 11.3 Å². The number of epoxide rings is 2. The Kier molecular flexibility index (Phi) is 4.57. The summed E-state index contributed by atoms with van der Waals surface area (Å²) in [6.07, 6.45) is 0.562. The van der Waals surface area contributed by atoms with E-state index in [1.165, 1.54) is 20.9 Å². The Morgan fingerprint density at radius 3 is 1.44 bits per heavy atom. The molecule has 5 rings (SSSR count). The summed E-state index contributed by atoms with van der Waals surface area (Å²) >= 11 is 1.79. The van der Waals surface area contributed by atoms with E-state index < -0.39 is 0 Å². The van der Waals surface area contributed by atoms with Gasteiger partial charge in [0.05, 0.1) is 13.2 Å². The van der Waals surface area contributed by atoms with Crippen LogP contribution in [0.4, 0.5) is 0 Å². The molecule has 0 saturated carbocycles. The molecule has 0 aliphatic carbocycles. The maximum absolute atomic E-state index is 5.70. The van der Waals surface area contributed by atoms with Crippen molar-refractivity contribution in [3.05, 3.63) is 60.7 Å². The average molecular weight is 380 g/mol. The summed E-state index contributed by atoms with van der Waals surface area (Å²) in [7, 11) is 0. The first-order valence-electron chi connectivity index (χ1n) is 9.13. The fourth-order valence-electron chi connectivity index (χ4n) is 2.79. The Balaban J connectivity index is 1.24. The van der Waals surface area contributed by atoms with Gasteiger partial charge in [0.2, 0.25) is 0 Å². The second-order valence-corrected chi connectivity index (χ2v) is 7.83. The zero-order valence-electron chi connectivity index (χ0n) is 14.8. The van der Waals surface area contributed by atoms with Gasteiger partial charge in [-0.25, -0.2) is 0 Å².